The summed E-state index contributed by atoms with van der Waals surface area (Å²) in [5, 5.41) is 3.06. The summed E-state index contributed by atoms with van der Waals surface area (Å²) in [5.74, 6) is 0.872. The van der Waals surface area contributed by atoms with Gasteiger partial charge in [0.25, 0.3) is 0 Å². The van der Waals surface area contributed by atoms with E-state index in [-0.39, 0.29) is 11.8 Å². The highest BCUT2D eigenvalue weighted by atomic mass is 19.1. The molecular weight excluding hydrogens is 381 g/mol. The molecule has 1 saturated heterocycles. The Bertz CT molecular complexity index is 949. The number of nitrogens with one attached hydrogen (secondary N) is 1. The SMILES string of the molecule is Nc1nc(CN2CCCN(Cc3ccccc3)CC2)nc(Nc2ccc(F)cc2)n1. The van der Waals surface area contributed by atoms with Gasteiger partial charge >= 0.3 is 0 Å². The highest BCUT2D eigenvalue weighted by Crippen LogP contribution is 2.15. The molecule has 0 atom stereocenters. The Morgan fingerprint density at radius 3 is 2.27 bits per heavy atom. The zero-order chi connectivity index (χ0) is 20.8. The van der Waals surface area contributed by atoms with E-state index in [0.717, 1.165) is 39.1 Å². The van der Waals surface area contributed by atoms with Crippen molar-refractivity contribution in [1.82, 2.24) is 24.8 Å². The normalized spacial score (nSPS) is 15.6. The van der Waals surface area contributed by atoms with E-state index >= 15 is 0 Å². The van der Waals surface area contributed by atoms with Crippen LogP contribution >= 0.6 is 0 Å². The Morgan fingerprint density at radius 1 is 0.833 bits per heavy atom. The van der Waals surface area contributed by atoms with E-state index in [4.69, 9.17) is 5.73 Å². The maximum atomic E-state index is 13.1. The fourth-order valence-electron chi connectivity index (χ4n) is 3.61. The van der Waals surface area contributed by atoms with E-state index in [1.165, 1.54) is 17.7 Å². The number of halogens is 1. The number of hydrogen-bond donors (Lipinski definition) is 2. The molecule has 3 aromatic rings. The molecule has 3 N–H and O–H groups in total. The quantitative estimate of drug-likeness (QED) is 0.650. The molecule has 1 aliphatic rings. The molecule has 0 radical (unpaired) electrons. The maximum absolute atomic E-state index is 13.1. The van der Waals surface area contributed by atoms with Crippen molar-refractivity contribution in [2.75, 3.05) is 37.2 Å². The zero-order valence-electron chi connectivity index (χ0n) is 16.8. The molecule has 156 valence electrons. The van der Waals surface area contributed by atoms with Crippen molar-refractivity contribution in [2.24, 2.45) is 0 Å². The Balaban J connectivity index is 1.36. The first-order valence-electron chi connectivity index (χ1n) is 10.2. The Hall–Kier alpha value is -3.10. The van der Waals surface area contributed by atoms with Crippen molar-refractivity contribution in [1.29, 1.82) is 0 Å². The van der Waals surface area contributed by atoms with E-state index in [1.54, 1.807) is 12.1 Å². The summed E-state index contributed by atoms with van der Waals surface area (Å²) in [6, 6.07) is 16.6. The number of nitrogens with zero attached hydrogens (tertiary/aromatic N) is 5. The molecule has 1 fully saturated rings. The van der Waals surface area contributed by atoms with Gasteiger partial charge in [0.15, 0.2) is 0 Å². The first-order chi connectivity index (χ1) is 14.6. The highest BCUT2D eigenvalue weighted by Gasteiger charge is 2.17. The number of anilines is 3. The lowest BCUT2D eigenvalue weighted by Gasteiger charge is -2.21. The minimum Gasteiger partial charge on any atom is -0.368 e. The first-order valence-corrected chi connectivity index (χ1v) is 10.2. The van der Waals surface area contributed by atoms with Crippen molar-refractivity contribution in [2.45, 2.75) is 19.5 Å². The van der Waals surface area contributed by atoms with Crippen LogP contribution in [0.1, 0.15) is 17.8 Å². The van der Waals surface area contributed by atoms with Crippen LogP contribution in [0.4, 0.5) is 22.0 Å². The van der Waals surface area contributed by atoms with Gasteiger partial charge in [-0.25, -0.2) is 4.39 Å². The average Bonchev–Trinajstić information content (AvgIpc) is 2.95. The fraction of sp³-hybridized carbons (Fsp3) is 0.318. The van der Waals surface area contributed by atoms with Crippen LogP contribution in [0, 0.1) is 5.82 Å². The lowest BCUT2D eigenvalue weighted by molar-refractivity contribution is 0.243. The van der Waals surface area contributed by atoms with Crippen molar-refractivity contribution in [3.8, 4) is 0 Å². The lowest BCUT2D eigenvalue weighted by Crippen LogP contribution is -2.31. The molecule has 0 aliphatic carbocycles. The summed E-state index contributed by atoms with van der Waals surface area (Å²) in [6.07, 6.45) is 1.09. The van der Waals surface area contributed by atoms with Crippen molar-refractivity contribution in [3.63, 3.8) is 0 Å². The molecule has 4 rings (SSSR count). The largest absolute Gasteiger partial charge is 0.368 e. The smallest absolute Gasteiger partial charge is 0.232 e. The number of aromatic nitrogens is 3. The first kappa shape index (κ1) is 20.2. The Morgan fingerprint density at radius 2 is 1.53 bits per heavy atom. The molecule has 1 aromatic heterocycles. The van der Waals surface area contributed by atoms with Crippen LogP contribution < -0.4 is 11.1 Å². The molecular formula is C22H26FN7. The summed E-state index contributed by atoms with van der Waals surface area (Å²) in [6.45, 7) is 5.58. The maximum Gasteiger partial charge on any atom is 0.232 e. The molecule has 0 amide bonds. The number of nitrogen functional groups attached to an aromatic ring is 1. The number of benzene rings is 2. The molecule has 1 aliphatic heterocycles. The van der Waals surface area contributed by atoms with Gasteiger partial charge in [0, 0.05) is 25.3 Å². The fourth-order valence-corrected chi connectivity index (χ4v) is 3.61. The average molecular weight is 407 g/mol. The monoisotopic (exact) mass is 407 g/mol. The molecule has 8 heteroatoms. The van der Waals surface area contributed by atoms with Crippen LogP contribution in [0.2, 0.25) is 0 Å². The Labute approximate surface area is 175 Å². The number of rotatable bonds is 6. The standard InChI is InChI=1S/C22H26FN7/c23-18-7-9-19(10-8-18)25-22-27-20(26-21(24)28-22)16-30-12-4-11-29(13-14-30)15-17-5-2-1-3-6-17/h1-3,5-10H,4,11-16H2,(H3,24,25,26,27,28). The highest BCUT2D eigenvalue weighted by molar-refractivity contribution is 5.53. The zero-order valence-corrected chi connectivity index (χ0v) is 16.8. The molecule has 0 unspecified atom stereocenters. The van der Waals surface area contributed by atoms with Crippen LogP contribution in [0.3, 0.4) is 0 Å². The molecule has 7 nitrogen and oxygen atoms in total. The minimum atomic E-state index is -0.293. The van der Waals surface area contributed by atoms with Crippen molar-refractivity contribution < 1.29 is 4.39 Å². The summed E-state index contributed by atoms with van der Waals surface area (Å²) in [7, 11) is 0. The van der Waals surface area contributed by atoms with Gasteiger partial charge in [0.05, 0.1) is 6.54 Å². The molecule has 30 heavy (non-hydrogen) atoms. The summed E-state index contributed by atoms with van der Waals surface area (Å²) in [5.41, 5.74) is 7.93. The van der Waals surface area contributed by atoms with Crippen molar-refractivity contribution >= 4 is 17.6 Å². The van der Waals surface area contributed by atoms with Gasteiger partial charge in [-0.1, -0.05) is 30.3 Å². The van der Waals surface area contributed by atoms with Crippen molar-refractivity contribution in [3.05, 3.63) is 71.8 Å². The molecule has 2 heterocycles. The summed E-state index contributed by atoms with van der Waals surface area (Å²) in [4.78, 5) is 17.8. The lowest BCUT2D eigenvalue weighted by atomic mass is 10.2. The van der Waals surface area contributed by atoms with Crippen LogP contribution in [0.25, 0.3) is 0 Å². The van der Waals surface area contributed by atoms with Gasteiger partial charge in [-0.3, -0.25) is 9.80 Å². The molecule has 0 saturated carbocycles. The molecule has 2 aromatic carbocycles. The predicted molar refractivity (Wildman–Crippen MR) is 116 cm³/mol. The topological polar surface area (TPSA) is 83.2 Å². The van der Waals surface area contributed by atoms with Gasteiger partial charge in [0.2, 0.25) is 11.9 Å². The second-order valence-electron chi connectivity index (χ2n) is 7.46. The third-order valence-corrected chi connectivity index (χ3v) is 5.09. The van der Waals surface area contributed by atoms with Gasteiger partial charge in [-0.2, -0.15) is 15.0 Å². The van der Waals surface area contributed by atoms with Crippen LogP contribution in [-0.4, -0.2) is 50.9 Å². The predicted octanol–water partition coefficient (Wildman–Crippen LogP) is 3.04. The molecule has 0 spiro atoms. The second kappa shape index (κ2) is 9.60. The van der Waals surface area contributed by atoms with Crippen LogP contribution in [0.5, 0.6) is 0 Å². The van der Waals surface area contributed by atoms with Crippen LogP contribution in [0.15, 0.2) is 54.6 Å². The number of nitrogens with two attached hydrogens (primary N) is 1. The number of hydrogen-bond acceptors (Lipinski definition) is 7. The van der Waals surface area contributed by atoms with E-state index < -0.39 is 0 Å². The summed E-state index contributed by atoms with van der Waals surface area (Å²) < 4.78 is 13.1. The minimum absolute atomic E-state index is 0.171. The van der Waals surface area contributed by atoms with E-state index in [0.29, 0.717) is 24.0 Å². The molecule has 0 bridgehead atoms. The van der Waals surface area contributed by atoms with E-state index in [1.807, 2.05) is 6.07 Å². The van der Waals surface area contributed by atoms with Gasteiger partial charge in [-0.05, 0) is 49.3 Å². The second-order valence-corrected chi connectivity index (χ2v) is 7.46. The van der Waals surface area contributed by atoms with E-state index in [9.17, 15) is 4.39 Å². The third-order valence-electron chi connectivity index (χ3n) is 5.09. The van der Waals surface area contributed by atoms with Gasteiger partial charge < -0.3 is 11.1 Å². The Kier molecular flexibility index (Phi) is 6.46. The summed E-state index contributed by atoms with van der Waals surface area (Å²) >= 11 is 0. The van der Waals surface area contributed by atoms with Gasteiger partial charge in [0.1, 0.15) is 11.6 Å². The third kappa shape index (κ3) is 5.71. The van der Waals surface area contributed by atoms with Gasteiger partial charge in [-0.15, -0.1) is 0 Å². The van der Waals surface area contributed by atoms with E-state index in [2.05, 4.69) is 54.3 Å². The van der Waals surface area contributed by atoms with Crippen LogP contribution in [-0.2, 0) is 13.1 Å².